The maximum atomic E-state index is 12.3. The molecule has 140 valence electrons. The van der Waals surface area contributed by atoms with Gasteiger partial charge in [0.1, 0.15) is 5.82 Å². The second-order valence-corrected chi connectivity index (χ2v) is 6.97. The predicted molar refractivity (Wildman–Crippen MR) is 98.7 cm³/mol. The highest BCUT2D eigenvalue weighted by Gasteiger charge is 2.34. The lowest BCUT2D eigenvalue weighted by atomic mass is 10.1. The molecule has 4 rings (SSSR count). The maximum Gasteiger partial charge on any atom is 0.273 e. The summed E-state index contributed by atoms with van der Waals surface area (Å²) in [7, 11) is 1.66. The number of carbonyl (C=O) groups is 1. The summed E-state index contributed by atoms with van der Waals surface area (Å²) in [5, 5.41) is 21.2. The molecule has 0 saturated heterocycles. The fourth-order valence-corrected chi connectivity index (χ4v) is 3.70. The van der Waals surface area contributed by atoms with E-state index in [4.69, 9.17) is 0 Å². The Labute approximate surface area is 156 Å². The highest BCUT2D eigenvalue weighted by atomic mass is 16.3. The Bertz CT molecular complexity index is 919. The van der Waals surface area contributed by atoms with Gasteiger partial charge < -0.3 is 15.0 Å². The van der Waals surface area contributed by atoms with E-state index in [2.05, 4.69) is 25.1 Å². The summed E-state index contributed by atoms with van der Waals surface area (Å²) in [4.78, 5) is 18.1. The molecule has 1 aromatic carbocycles. The van der Waals surface area contributed by atoms with Crippen molar-refractivity contribution in [1.29, 1.82) is 0 Å². The molecule has 8 nitrogen and oxygen atoms in total. The Morgan fingerprint density at radius 2 is 2.11 bits per heavy atom. The molecule has 2 N–H and O–H groups in total. The molecule has 8 heteroatoms. The number of aryl methyl sites for hydroxylation is 1. The monoisotopic (exact) mass is 366 g/mol. The Hall–Kier alpha value is -3.00. The third kappa shape index (κ3) is 3.75. The van der Waals surface area contributed by atoms with Crippen molar-refractivity contribution >= 4 is 5.91 Å². The predicted octanol–water partition coefficient (Wildman–Crippen LogP) is 1.25. The van der Waals surface area contributed by atoms with E-state index in [0.29, 0.717) is 12.8 Å². The smallest absolute Gasteiger partial charge is 0.273 e. The largest absolute Gasteiger partial charge is 0.391 e. The summed E-state index contributed by atoms with van der Waals surface area (Å²) in [6.07, 6.45) is 5.95. The van der Waals surface area contributed by atoms with Crippen LogP contribution in [0.3, 0.4) is 0 Å². The molecule has 1 aliphatic rings. The van der Waals surface area contributed by atoms with Crippen LogP contribution in [0.15, 0.2) is 48.9 Å². The van der Waals surface area contributed by atoms with Crippen LogP contribution in [-0.2, 0) is 13.6 Å². The Balaban J connectivity index is 1.41. The SMILES string of the molecule is Cn1ncc(C(=O)N[C@@H]2CC(Cn3ccnc3-c3ccccc3)C[C@H]2O)n1. The van der Waals surface area contributed by atoms with E-state index in [9.17, 15) is 9.90 Å². The van der Waals surface area contributed by atoms with Crippen LogP contribution in [0.4, 0.5) is 0 Å². The number of nitrogens with one attached hydrogen (secondary N) is 1. The number of aliphatic hydroxyl groups is 1. The van der Waals surface area contributed by atoms with Crippen molar-refractivity contribution in [3.8, 4) is 11.4 Å². The number of rotatable bonds is 5. The Kier molecular flexibility index (Phi) is 4.72. The molecule has 0 bridgehead atoms. The molecule has 1 unspecified atom stereocenters. The number of aromatic nitrogens is 5. The topological polar surface area (TPSA) is 97.9 Å². The van der Waals surface area contributed by atoms with E-state index in [1.54, 1.807) is 13.2 Å². The van der Waals surface area contributed by atoms with Gasteiger partial charge in [-0.1, -0.05) is 30.3 Å². The normalized spacial score (nSPS) is 22.1. The van der Waals surface area contributed by atoms with Gasteiger partial charge >= 0.3 is 0 Å². The zero-order valence-corrected chi connectivity index (χ0v) is 15.1. The number of benzene rings is 1. The molecule has 2 heterocycles. The van der Waals surface area contributed by atoms with Gasteiger partial charge in [0.05, 0.1) is 18.3 Å². The fourth-order valence-electron chi connectivity index (χ4n) is 3.70. The number of aliphatic hydroxyl groups excluding tert-OH is 1. The third-order valence-electron chi connectivity index (χ3n) is 4.98. The van der Waals surface area contributed by atoms with Crippen LogP contribution in [0.2, 0.25) is 0 Å². The second kappa shape index (κ2) is 7.32. The average Bonchev–Trinajstić information content (AvgIpc) is 3.37. The lowest BCUT2D eigenvalue weighted by molar-refractivity contribution is 0.0867. The maximum absolute atomic E-state index is 12.3. The van der Waals surface area contributed by atoms with Gasteiger partial charge in [-0.3, -0.25) is 4.79 Å². The van der Waals surface area contributed by atoms with E-state index in [1.165, 1.54) is 11.0 Å². The zero-order valence-electron chi connectivity index (χ0n) is 15.1. The van der Waals surface area contributed by atoms with Crippen molar-refractivity contribution in [1.82, 2.24) is 29.9 Å². The van der Waals surface area contributed by atoms with E-state index in [-0.39, 0.29) is 23.6 Å². The van der Waals surface area contributed by atoms with Crippen LogP contribution in [0.25, 0.3) is 11.4 Å². The summed E-state index contributed by atoms with van der Waals surface area (Å²) >= 11 is 0. The molecule has 1 amide bonds. The lowest BCUT2D eigenvalue weighted by Gasteiger charge is -2.15. The molecule has 1 fully saturated rings. The average molecular weight is 366 g/mol. The van der Waals surface area contributed by atoms with Gasteiger partial charge in [0.15, 0.2) is 5.69 Å². The van der Waals surface area contributed by atoms with Gasteiger partial charge in [-0.05, 0) is 18.8 Å². The first kappa shape index (κ1) is 17.4. The number of carbonyl (C=O) groups excluding carboxylic acids is 1. The molecule has 3 aromatic rings. The third-order valence-corrected chi connectivity index (χ3v) is 4.98. The van der Waals surface area contributed by atoms with Crippen LogP contribution in [0, 0.1) is 5.92 Å². The summed E-state index contributed by atoms with van der Waals surface area (Å²) in [5.74, 6) is 0.862. The van der Waals surface area contributed by atoms with Crippen molar-refractivity contribution in [3.05, 3.63) is 54.6 Å². The highest BCUT2D eigenvalue weighted by Crippen LogP contribution is 2.29. The molecule has 0 radical (unpaired) electrons. The summed E-state index contributed by atoms with van der Waals surface area (Å²) in [6.45, 7) is 0.749. The molecule has 27 heavy (non-hydrogen) atoms. The van der Waals surface area contributed by atoms with E-state index >= 15 is 0 Å². The summed E-state index contributed by atoms with van der Waals surface area (Å²) in [5.41, 5.74) is 1.32. The number of imidazole rings is 1. The fraction of sp³-hybridized carbons (Fsp3) is 0.368. The van der Waals surface area contributed by atoms with E-state index in [0.717, 1.165) is 17.9 Å². The molecular formula is C19H22N6O2. The first-order valence-electron chi connectivity index (χ1n) is 9.02. The van der Waals surface area contributed by atoms with Crippen molar-refractivity contribution in [2.45, 2.75) is 31.5 Å². The Morgan fingerprint density at radius 3 is 2.85 bits per heavy atom. The van der Waals surface area contributed by atoms with E-state index in [1.807, 2.05) is 36.5 Å². The molecular weight excluding hydrogens is 344 g/mol. The second-order valence-electron chi connectivity index (χ2n) is 6.97. The number of amides is 1. The first-order chi connectivity index (χ1) is 13.1. The number of hydrogen-bond donors (Lipinski definition) is 2. The minimum absolute atomic E-state index is 0.254. The van der Waals surface area contributed by atoms with Gasteiger partial charge in [0.25, 0.3) is 5.91 Å². The molecule has 2 aromatic heterocycles. The standard InChI is InChI=1S/C19H22N6O2/c1-24-21-11-16(23-24)19(27)22-15-9-13(10-17(15)26)12-25-8-7-20-18(25)14-5-3-2-4-6-14/h2-8,11,13,15,17,26H,9-10,12H2,1H3,(H,22,27)/t13?,15-,17-/m1/s1. The van der Waals surface area contributed by atoms with Crippen molar-refractivity contribution < 1.29 is 9.90 Å². The van der Waals surface area contributed by atoms with Gasteiger partial charge in [0, 0.05) is 31.5 Å². The highest BCUT2D eigenvalue weighted by molar-refractivity contribution is 5.92. The summed E-state index contributed by atoms with van der Waals surface area (Å²) < 4.78 is 2.11. The van der Waals surface area contributed by atoms with Crippen LogP contribution >= 0.6 is 0 Å². The molecule has 0 spiro atoms. The van der Waals surface area contributed by atoms with Gasteiger partial charge in [-0.25, -0.2) is 4.98 Å². The summed E-state index contributed by atoms with van der Waals surface area (Å²) in [6, 6.07) is 9.75. The van der Waals surface area contributed by atoms with Crippen molar-refractivity contribution in [2.24, 2.45) is 13.0 Å². The van der Waals surface area contributed by atoms with Crippen LogP contribution in [0.1, 0.15) is 23.3 Å². The molecule has 1 saturated carbocycles. The zero-order chi connectivity index (χ0) is 18.8. The van der Waals surface area contributed by atoms with Gasteiger partial charge in [-0.15, -0.1) is 5.10 Å². The molecule has 0 aliphatic heterocycles. The lowest BCUT2D eigenvalue weighted by Crippen LogP contribution is -2.40. The van der Waals surface area contributed by atoms with Gasteiger partial charge in [-0.2, -0.15) is 9.90 Å². The van der Waals surface area contributed by atoms with E-state index < -0.39 is 6.10 Å². The minimum Gasteiger partial charge on any atom is -0.391 e. The quantitative estimate of drug-likeness (QED) is 0.708. The van der Waals surface area contributed by atoms with Crippen LogP contribution < -0.4 is 5.32 Å². The van der Waals surface area contributed by atoms with Crippen molar-refractivity contribution in [2.75, 3.05) is 0 Å². The minimum atomic E-state index is -0.570. The first-order valence-corrected chi connectivity index (χ1v) is 9.02. The van der Waals surface area contributed by atoms with Gasteiger partial charge in [0.2, 0.25) is 0 Å². The Morgan fingerprint density at radius 1 is 1.30 bits per heavy atom. The van der Waals surface area contributed by atoms with Crippen LogP contribution in [0.5, 0.6) is 0 Å². The number of hydrogen-bond acceptors (Lipinski definition) is 5. The molecule has 3 atom stereocenters. The van der Waals surface area contributed by atoms with Crippen LogP contribution in [-0.4, -0.2) is 47.7 Å². The molecule has 1 aliphatic carbocycles. The number of nitrogens with zero attached hydrogens (tertiary/aromatic N) is 5. The van der Waals surface area contributed by atoms with Crippen molar-refractivity contribution in [3.63, 3.8) is 0 Å².